The molecule has 1 N–H and O–H groups in total. The summed E-state index contributed by atoms with van der Waals surface area (Å²) in [6, 6.07) is 14.4. The molecule has 2 aromatic carbocycles. The van der Waals surface area contributed by atoms with E-state index in [9.17, 15) is 9.59 Å². The molecule has 0 spiro atoms. The van der Waals surface area contributed by atoms with Crippen LogP contribution in [0.3, 0.4) is 0 Å². The fraction of sp³-hybridized carbons (Fsp3) is 0.440. The summed E-state index contributed by atoms with van der Waals surface area (Å²) in [7, 11) is 1.61. The first-order chi connectivity index (χ1) is 15.5. The molecule has 32 heavy (non-hydrogen) atoms. The van der Waals surface area contributed by atoms with Crippen LogP contribution < -0.4 is 14.8 Å². The SMILES string of the molecule is COc1ccc(CN(C(=O)COc2ccc(Br)cc2)[C@@H](C)C(=O)NC2CCCCC2)cc1. The first-order valence-corrected chi connectivity index (χ1v) is 11.9. The zero-order chi connectivity index (χ0) is 22.9. The number of rotatable bonds is 9. The molecular weight excluding hydrogens is 472 g/mol. The summed E-state index contributed by atoms with van der Waals surface area (Å²) < 4.78 is 11.8. The highest BCUT2D eigenvalue weighted by Crippen LogP contribution is 2.20. The number of nitrogens with one attached hydrogen (secondary N) is 1. The number of halogens is 1. The maximum atomic E-state index is 13.1. The summed E-state index contributed by atoms with van der Waals surface area (Å²) in [5.74, 6) is 0.982. The van der Waals surface area contributed by atoms with Crippen LogP contribution in [0, 0.1) is 0 Å². The Labute approximate surface area is 198 Å². The molecule has 0 bridgehead atoms. The third-order valence-corrected chi connectivity index (χ3v) is 6.34. The van der Waals surface area contributed by atoms with Crippen LogP contribution in [-0.4, -0.2) is 42.5 Å². The van der Waals surface area contributed by atoms with Crippen LogP contribution in [0.5, 0.6) is 11.5 Å². The highest BCUT2D eigenvalue weighted by Gasteiger charge is 2.28. The second kappa shape index (κ2) is 11.9. The highest BCUT2D eigenvalue weighted by atomic mass is 79.9. The molecule has 1 aliphatic rings. The van der Waals surface area contributed by atoms with Crippen molar-refractivity contribution in [2.45, 2.75) is 57.7 Å². The Morgan fingerprint density at radius 1 is 1.03 bits per heavy atom. The van der Waals surface area contributed by atoms with Gasteiger partial charge in [-0.05, 0) is 61.7 Å². The average molecular weight is 503 g/mol. The van der Waals surface area contributed by atoms with Crippen molar-refractivity contribution in [3.63, 3.8) is 0 Å². The maximum Gasteiger partial charge on any atom is 0.261 e. The smallest absolute Gasteiger partial charge is 0.261 e. The van der Waals surface area contributed by atoms with E-state index in [2.05, 4.69) is 21.2 Å². The molecule has 3 rings (SSSR count). The van der Waals surface area contributed by atoms with Gasteiger partial charge in [0, 0.05) is 17.1 Å². The van der Waals surface area contributed by atoms with Gasteiger partial charge in [0.05, 0.1) is 7.11 Å². The lowest BCUT2D eigenvalue weighted by atomic mass is 9.95. The van der Waals surface area contributed by atoms with Crippen LogP contribution >= 0.6 is 15.9 Å². The van der Waals surface area contributed by atoms with Gasteiger partial charge in [-0.2, -0.15) is 0 Å². The van der Waals surface area contributed by atoms with E-state index in [0.29, 0.717) is 12.3 Å². The van der Waals surface area contributed by atoms with Crippen LogP contribution in [0.4, 0.5) is 0 Å². The number of ether oxygens (including phenoxy) is 2. The van der Waals surface area contributed by atoms with Crippen LogP contribution in [0.1, 0.15) is 44.6 Å². The number of hydrogen-bond donors (Lipinski definition) is 1. The Morgan fingerprint density at radius 3 is 2.28 bits per heavy atom. The molecule has 0 radical (unpaired) electrons. The molecule has 1 fully saturated rings. The topological polar surface area (TPSA) is 67.9 Å². The first kappa shape index (κ1) is 24.1. The molecule has 1 aliphatic carbocycles. The summed E-state index contributed by atoms with van der Waals surface area (Å²) in [5.41, 5.74) is 0.917. The van der Waals surface area contributed by atoms with E-state index in [1.54, 1.807) is 31.1 Å². The molecule has 0 aromatic heterocycles. The lowest BCUT2D eigenvalue weighted by molar-refractivity contribution is -0.142. The lowest BCUT2D eigenvalue weighted by Crippen LogP contribution is -2.51. The van der Waals surface area contributed by atoms with E-state index in [1.807, 2.05) is 36.4 Å². The molecular formula is C25H31BrN2O4. The van der Waals surface area contributed by atoms with E-state index in [0.717, 1.165) is 41.5 Å². The van der Waals surface area contributed by atoms with Crippen LogP contribution in [0.25, 0.3) is 0 Å². The Bertz CT molecular complexity index is 880. The molecule has 172 valence electrons. The monoisotopic (exact) mass is 502 g/mol. The number of nitrogens with zero attached hydrogens (tertiary/aromatic N) is 1. The zero-order valence-electron chi connectivity index (χ0n) is 18.7. The van der Waals surface area contributed by atoms with Crippen molar-refractivity contribution in [1.82, 2.24) is 10.2 Å². The predicted molar refractivity (Wildman–Crippen MR) is 128 cm³/mol. The molecule has 7 heteroatoms. The Hall–Kier alpha value is -2.54. The molecule has 2 amide bonds. The first-order valence-electron chi connectivity index (χ1n) is 11.1. The Kier molecular flexibility index (Phi) is 8.97. The summed E-state index contributed by atoms with van der Waals surface area (Å²) in [6.45, 7) is 1.95. The van der Waals surface area contributed by atoms with E-state index >= 15 is 0 Å². The van der Waals surface area contributed by atoms with Gasteiger partial charge in [0.15, 0.2) is 6.61 Å². The van der Waals surface area contributed by atoms with Crippen molar-refractivity contribution in [3.8, 4) is 11.5 Å². The average Bonchev–Trinajstić information content (AvgIpc) is 2.82. The third-order valence-electron chi connectivity index (χ3n) is 5.81. The van der Waals surface area contributed by atoms with Crippen molar-refractivity contribution in [2.24, 2.45) is 0 Å². The summed E-state index contributed by atoms with van der Waals surface area (Å²) in [4.78, 5) is 27.7. The summed E-state index contributed by atoms with van der Waals surface area (Å²) in [5, 5.41) is 3.14. The van der Waals surface area contributed by atoms with Gasteiger partial charge in [0.1, 0.15) is 17.5 Å². The van der Waals surface area contributed by atoms with Gasteiger partial charge in [-0.1, -0.05) is 47.3 Å². The van der Waals surface area contributed by atoms with Crippen molar-refractivity contribution < 1.29 is 19.1 Å². The Balaban J connectivity index is 1.69. The third kappa shape index (κ3) is 6.99. The van der Waals surface area contributed by atoms with Crippen molar-refractivity contribution in [2.75, 3.05) is 13.7 Å². The normalized spacial score (nSPS) is 15.0. The predicted octanol–water partition coefficient (Wildman–Crippen LogP) is 4.70. The van der Waals surface area contributed by atoms with Crippen molar-refractivity contribution >= 4 is 27.7 Å². The van der Waals surface area contributed by atoms with Gasteiger partial charge in [-0.3, -0.25) is 9.59 Å². The Morgan fingerprint density at radius 2 is 1.66 bits per heavy atom. The standard InChI is InChI=1S/C25H31BrN2O4/c1-18(25(30)27-21-6-4-3-5-7-21)28(16-19-8-12-22(31-2)13-9-19)24(29)17-32-23-14-10-20(26)11-15-23/h8-15,18,21H,3-7,16-17H2,1-2H3,(H,27,30)/t18-/m0/s1. The highest BCUT2D eigenvalue weighted by molar-refractivity contribution is 9.10. The van der Waals surface area contributed by atoms with Crippen molar-refractivity contribution in [3.05, 3.63) is 58.6 Å². The van der Waals surface area contributed by atoms with Gasteiger partial charge in [0.2, 0.25) is 5.91 Å². The fourth-order valence-electron chi connectivity index (χ4n) is 3.84. The van der Waals surface area contributed by atoms with Gasteiger partial charge < -0.3 is 19.7 Å². The number of hydrogen-bond acceptors (Lipinski definition) is 4. The zero-order valence-corrected chi connectivity index (χ0v) is 20.3. The van der Waals surface area contributed by atoms with E-state index in [1.165, 1.54) is 6.42 Å². The second-order valence-electron chi connectivity index (χ2n) is 8.13. The quantitative estimate of drug-likeness (QED) is 0.539. The molecule has 0 saturated heterocycles. The van der Waals surface area contributed by atoms with E-state index in [4.69, 9.17) is 9.47 Å². The van der Waals surface area contributed by atoms with Crippen LogP contribution in [-0.2, 0) is 16.1 Å². The summed E-state index contributed by atoms with van der Waals surface area (Å²) >= 11 is 3.39. The van der Waals surface area contributed by atoms with E-state index < -0.39 is 6.04 Å². The number of carbonyl (C=O) groups excluding carboxylic acids is 2. The maximum absolute atomic E-state index is 13.1. The minimum absolute atomic E-state index is 0.123. The molecule has 1 atom stereocenters. The molecule has 1 saturated carbocycles. The number of amides is 2. The number of benzene rings is 2. The van der Waals surface area contributed by atoms with Gasteiger partial charge in [-0.15, -0.1) is 0 Å². The molecule has 0 aliphatic heterocycles. The lowest BCUT2D eigenvalue weighted by Gasteiger charge is -2.31. The molecule has 0 heterocycles. The molecule has 6 nitrogen and oxygen atoms in total. The second-order valence-corrected chi connectivity index (χ2v) is 9.05. The van der Waals surface area contributed by atoms with Gasteiger partial charge in [0.25, 0.3) is 5.91 Å². The van der Waals surface area contributed by atoms with Gasteiger partial charge in [-0.25, -0.2) is 0 Å². The molecule has 2 aromatic rings. The van der Waals surface area contributed by atoms with Crippen molar-refractivity contribution in [1.29, 1.82) is 0 Å². The largest absolute Gasteiger partial charge is 0.497 e. The van der Waals surface area contributed by atoms with E-state index in [-0.39, 0.29) is 24.5 Å². The molecule has 0 unspecified atom stereocenters. The van der Waals surface area contributed by atoms with Crippen LogP contribution in [0.2, 0.25) is 0 Å². The number of methoxy groups -OCH3 is 1. The minimum Gasteiger partial charge on any atom is -0.497 e. The minimum atomic E-state index is -0.611. The number of carbonyl (C=O) groups is 2. The fourth-order valence-corrected chi connectivity index (χ4v) is 4.10. The summed E-state index contributed by atoms with van der Waals surface area (Å²) in [6.07, 6.45) is 5.48. The van der Waals surface area contributed by atoms with Crippen LogP contribution in [0.15, 0.2) is 53.0 Å². The van der Waals surface area contributed by atoms with Gasteiger partial charge >= 0.3 is 0 Å².